The van der Waals surface area contributed by atoms with E-state index in [9.17, 15) is 13.6 Å². The summed E-state index contributed by atoms with van der Waals surface area (Å²) >= 11 is 0. The molecule has 1 aromatic carbocycles. The summed E-state index contributed by atoms with van der Waals surface area (Å²) in [6.45, 7) is 1.47. The predicted octanol–water partition coefficient (Wildman–Crippen LogP) is 1.45. The lowest BCUT2D eigenvalue weighted by Crippen LogP contribution is -2.19. The van der Waals surface area contributed by atoms with E-state index in [-0.39, 0.29) is 18.0 Å². The minimum absolute atomic E-state index is 0.0136. The molecule has 0 heterocycles. The topological polar surface area (TPSA) is 29.1 Å². The summed E-state index contributed by atoms with van der Waals surface area (Å²) in [7, 11) is 0. The number of amides is 1. The number of rotatable bonds is 1. The maximum atomic E-state index is 13.0. The maximum absolute atomic E-state index is 13.0. The highest BCUT2D eigenvalue weighted by Gasteiger charge is 2.03. The van der Waals surface area contributed by atoms with Gasteiger partial charge in [0.25, 0.3) is 0 Å². The van der Waals surface area contributed by atoms with Crippen LogP contribution in [0.3, 0.4) is 0 Å². The molecule has 4 heteroatoms. The van der Waals surface area contributed by atoms with Gasteiger partial charge in [-0.3, -0.25) is 4.79 Å². The lowest BCUT2D eigenvalue weighted by atomic mass is 10.2. The third-order valence-corrected chi connectivity index (χ3v) is 1.60. The van der Waals surface area contributed by atoms with Gasteiger partial charge in [0.1, 0.15) is 0 Å². The van der Waals surface area contributed by atoms with Gasteiger partial charge in [-0.2, -0.15) is 0 Å². The molecule has 0 saturated carbocycles. The summed E-state index contributed by atoms with van der Waals surface area (Å²) < 4.78 is 25.7. The van der Waals surface area contributed by atoms with Crippen LogP contribution in [0.4, 0.5) is 8.78 Å². The average molecular weight is 209 g/mol. The third kappa shape index (κ3) is 3.39. The SMILES string of the molecule is CC(=O)NCC#Cc1cccc(F)c1F. The zero-order chi connectivity index (χ0) is 11.3. The van der Waals surface area contributed by atoms with Crippen LogP contribution in [0.1, 0.15) is 12.5 Å². The molecule has 15 heavy (non-hydrogen) atoms. The molecule has 78 valence electrons. The number of halogens is 2. The molecule has 0 aliphatic rings. The number of nitrogens with one attached hydrogen (secondary N) is 1. The van der Waals surface area contributed by atoms with E-state index in [1.165, 1.54) is 19.1 Å². The van der Waals surface area contributed by atoms with E-state index >= 15 is 0 Å². The highest BCUT2D eigenvalue weighted by molar-refractivity contribution is 5.73. The normalized spacial score (nSPS) is 9.00. The second-order valence-corrected chi connectivity index (χ2v) is 2.81. The van der Waals surface area contributed by atoms with Crippen LogP contribution in [0.2, 0.25) is 0 Å². The van der Waals surface area contributed by atoms with Crippen molar-refractivity contribution in [2.45, 2.75) is 6.92 Å². The van der Waals surface area contributed by atoms with Gasteiger partial charge in [0, 0.05) is 6.92 Å². The second-order valence-electron chi connectivity index (χ2n) is 2.81. The van der Waals surface area contributed by atoms with Crippen LogP contribution in [-0.4, -0.2) is 12.5 Å². The van der Waals surface area contributed by atoms with Gasteiger partial charge in [0.05, 0.1) is 12.1 Å². The third-order valence-electron chi connectivity index (χ3n) is 1.60. The molecular formula is C11H9F2NO. The largest absolute Gasteiger partial charge is 0.345 e. The van der Waals surface area contributed by atoms with Gasteiger partial charge < -0.3 is 5.32 Å². The molecule has 0 fully saturated rings. The number of benzene rings is 1. The smallest absolute Gasteiger partial charge is 0.217 e. The van der Waals surface area contributed by atoms with Gasteiger partial charge in [-0.15, -0.1) is 0 Å². The maximum Gasteiger partial charge on any atom is 0.217 e. The van der Waals surface area contributed by atoms with Crippen molar-refractivity contribution in [3.05, 3.63) is 35.4 Å². The first-order valence-corrected chi connectivity index (χ1v) is 4.28. The Morgan fingerprint density at radius 2 is 2.20 bits per heavy atom. The fourth-order valence-corrected chi connectivity index (χ4v) is 0.908. The summed E-state index contributed by atoms with van der Waals surface area (Å²) in [4.78, 5) is 10.5. The predicted molar refractivity (Wildman–Crippen MR) is 51.9 cm³/mol. The Kier molecular flexibility index (Phi) is 3.81. The lowest BCUT2D eigenvalue weighted by molar-refractivity contribution is -0.118. The van der Waals surface area contributed by atoms with Crippen molar-refractivity contribution in [3.63, 3.8) is 0 Å². The van der Waals surface area contributed by atoms with Gasteiger partial charge >= 0.3 is 0 Å². The highest BCUT2D eigenvalue weighted by Crippen LogP contribution is 2.09. The van der Waals surface area contributed by atoms with Crippen LogP contribution in [0.25, 0.3) is 0 Å². The van der Waals surface area contributed by atoms with E-state index in [1.807, 2.05) is 0 Å². The molecule has 1 amide bonds. The van der Waals surface area contributed by atoms with Crippen molar-refractivity contribution in [3.8, 4) is 11.8 Å². The van der Waals surface area contributed by atoms with Gasteiger partial charge in [-0.05, 0) is 12.1 Å². The highest BCUT2D eigenvalue weighted by atomic mass is 19.2. The fraction of sp³-hybridized carbons (Fsp3) is 0.182. The van der Waals surface area contributed by atoms with E-state index in [1.54, 1.807) is 0 Å². The first kappa shape index (κ1) is 11.2. The van der Waals surface area contributed by atoms with Gasteiger partial charge in [-0.25, -0.2) is 8.78 Å². The molecule has 0 bridgehead atoms. The van der Waals surface area contributed by atoms with Crippen LogP contribution in [-0.2, 0) is 4.79 Å². The fourth-order valence-electron chi connectivity index (χ4n) is 0.908. The number of hydrogen-bond acceptors (Lipinski definition) is 1. The molecule has 1 rings (SSSR count). The van der Waals surface area contributed by atoms with Crippen LogP contribution in [0, 0.1) is 23.5 Å². The molecule has 0 saturated heterocycles. The summed E-state index contributed by atoms with van der Waals surface area (Å²) in [5, 5.41) is 2.42. The van der Waals surface area contributed by atoms with Crippen molar-refractivity contribution in [1.82, 2.24) is 5.32 Å². The first-order valence-electron chi connectivity index (χ1n) is 4.28. The lowest BCUT2D eigenvalue weighted by Gasteiger charge is -1.95. The van der Waals surface area contributed by atoms with Crippen LogP contribution in [0.15, 0.2) is 18.2 Å². The quantitative estimate of drug-likeness (QED) is 0.697. The molecule has 1 aromatic rings. The number of carbonyl (C=O) groups is 1. The van der Waals surface area contributed by atoms with Gasteiger partial charge in [0.2, 0.25) is 5.91 Å². The summed E-state index contributed by atoms with van der Waals surface area (Å²) in [5.74, 6) is 2.83. The minimum atomic E-state index is -0.965. The molecule has 2 nitrogen and oxygen atoms in total. The molecule has 1 N–H and O–H groups in total. The zero-order valence-electron chi connectivity index (χ0n) is 8.10. The van der Waals surface area contributed by atoms with Crippen LogP contribution < -0.4 is 5.32 Å². The molecular weight excluding hydrogens is 200 g/mol. The Morgan fingerprint density at radius 3 is 2.87 bits per heavy atom. The van der Waals surface area contributed by atoms with Crippen molar-refractivity contribution in [2.75, 3.05) is 6.54 Å². The van der Waals surface area contributed by atoms with Crippen molar-refractivity contribution in [1.29, 1.82) is 0 Å². The number of hydrogen-bond donors (Lipinski definition) is 1. The summed E-state index contributed by atoms with van der Waals surface area (Å²) in [6, 6.07) is 3.77. The van der Waals surface area contributed by atoms with Crippen molar-refractivity contribution >= 4 is 5.91 Å². The monoisotopic (exact) mass is 209 g/mol. The molecule has 0 spiro atoms. The molecule has 0 radical (unpaired) electrons. The van der Waals surface area contributed by atoms with E-state index in [4.69, 9.17) is 0 Å². The minimum Gasteiger partial charge on any atom is -0.345 e. The van der Waals surface area contributed by atoms with E-state index < -0.39 is 11.6 Å². The van der Waals surface area contributed by atoms with Crippen molar-refractivity contribution < 1.29 is 13.6 Å². The molecule has 0 unspecified atom stereocenters. The van der Waals surface area contributed by atoms with Crippen LogP contribution >= 0.6 is 0 Å². The first-order chi connectivity index (χ1) is 7.11. The van der Waals surface area contributed by atoms with E-state index in [0.717, 1.165) is 6.07 Å². The number of carbonyl (C=O) groups excluding carboxylic acids is 1. The second kappa shape index (κ2) is 5.11. The summed E-state index contributed by atoms with van der Waals surface area (Å²) in [5.41, 5.74) is -0.0136. The molecule has 0 aliphatic heterocycles. The van der Waals surface area contributed by atoms with Gasteiger partial charge in [-0.1, -0.05) is 17.9 Å². The Hall–Kier alpha value is -1.89. The zero-order valence-corrected chi connectivity index (χ0v) is 8.10. The Morgan fingerprint density at radius 1 is 1.47 bits per heavy atom. The molecule has 0 aliphatic carbocycles. The molecule has 0 atom stereocenters. The Labute approximate surface area is 86.3 Å². The van der Waals surface area contributed by atoms with E-state index in [2.05, 4.69) is 17.2 Å². The van der Waals surface area contributed by atoms with Crippen molar-refractivity contribution in [2.24, 2.45) is 0 Å². The van der Waals surface area contributed by atoms with Crippen LogP contribution in [0.5, 0.6) is 0 Å². The van der Waals surface area contributed by atoms with E-state index in [0.29, 0.717) is 0 Å². The standard InChI is InChI=1S/C11H9F2NO/c1-8(15)14-7-3-5-9-4-2-6-10(12)11(9)13/h2,4,6H,7H2,1H3,(H,14,15). The Balaban J connectivity index is 2.72. The van der Waals surface area contributed by atoms with Gasteiger partial charge in [0.15, 0.2) is 11.6 Å². The molecule has 0 aromatic heterocycles. The summed E-state index contributed by atoms with van der Waals surface area (Å²) in [6.07, 6.45) is 0. The average Bonchev–Trinajstić information content (AvgIpc) is 2.18. The Bertz CT molecular complexity index is 432.